The predicted molar refractivity (Wildman–Crippen MR) is 108 cm³/mol. The normalized spacial score (nSPS) is 13.6. The van der Waals surface area contributed by atoms with Gasteiger partial charge >= 0.3 is 0 Å². The van der Waals surface area contributed by atoms with Crippen molar-refractivity contribution in [1.29, 1.82) is 5.26 Å². The SMILES string of the molecule is COc1ccc(Oc2nc(-c3cncc(C#N)c3)cnc2N2CCNCC2)cc1. The Balaban J connectivity index is 1.72. The van der Waals surface area contributed by atoms with Crippen molar-refractivity contribution in [2.45, 2.75) is 0 Å². The second-order valence-electron chi connectivity index (χ2n) is 6.47. The maximum atomic E-state index is 9.14. The summed E-state index contributed by atoms with van der Waals surface area (Å²) < 4.78 is 11.3. The van der Waals surface area contributed by atoms with E-state index in [1.165, 1.54) is 6.20 Å². The first-order chi connectivity index (χ1) is 14.3. The van der Waals surface area contributed by atoms with Gasteiger partial charge in [-0.15, -0.1) is 0 Å². The van der Waals surface area contributed by atoms with E-state index in [4.69, 9.17) is 19.7 Å². The zero-order valence-electron chi connectivity index (χ0n) is 16.0. The largest absolute Gasteiger partial charge is 0.497 e. The first-order valence-corrected chi connectivity index (χ1v) is 9.27. The van der Waals surface area contributed by atoms with Crippen molar-refractivity contribution in [3.05, 3.63) is 54.5 Å². The molecule has 146 valence electrons. The standard InChI is InChI=1S/C21H20N6O2/c1-28-17-2-4-18(5-3-17)29-21-20(27-8-6-23-7-9-27)25-14-19(26-21)16-10-15(11-22)12-24-13-16/h2-5,10,12-14,23H,6-9H2,1H3. The summed E-state index contributed by atoms with van der Waals surface area (Å²) in [6.45, 7) is 3.38. The van der Waals surface area contributed by atoms with E-state index < -0.39 is 0 Å². The van der Waals surface area contributed by atoms with Crippen molar-refractivity contribution in [3.63, 3.8) is 0 Å². The van der Waals surface area contributed by atoms with E-state index in [9.17, 15) is 0 Å². The van der Waals surface area contributed by atoms with Gasteiger partial charge in [0.2, 0.25) is 0 Å². The monoisotopic (exact) mass is 388 g/mol. The first-order valence-electron chi connectivity index (χ1n) is 9.27. The summed E-state index contributed by atoms with van der Waals surface area (Å²) >= 11 is 0. The Morgan fingerprint density at radius 1 is 1.07 bits per heavy atom. The number of ether oxygens (including phenoxy) is 2. The Morgan fingerprint density at radius 3 is 2.55 bits per heavy atom. The Labute approximate surface area is 168 Å². The zero-order chi connectivity index (χ0) is 20.1. The molecule has 1 aliphatic heterocycles. The highest BCUT2D eigenvalue weighted by Gasteiger charge is 2.20. The molecule has 1 N–H and O–H groups in total. The minimum atomic E-state index is 0.414. The summed E-state index contributed by atoms with van der Waals surface area (Å²) in [6, 6.07) is 11.1. The number of nitriles is 1. The van der Waals surface area contributed by atoms with Gasteiger partial charge in [-0.1, -0.05) is 0 Å². The quantitative estimate of drug-likeness (QED) is 0.713. The van der Waals surface area contributed by atoms with Gasteiger partial charge in [-0.3, -0.25) is 4.98 Å². The first kappa shape index (κ1) is 18.7. The summed E-state index contributed by atoms with van der Waals surface area (Å²) in [6.07, 6.45) is 4.86. The number of hydrogen-bond acceptors (Lipinski definition) is 8. The van der Waals surface area contributed by atoms with Crippen LogP contribution in [0.5, 0.6) is 17.4 Å². The summed E-state index contributed by atoms with van der Waals surface area (Å²) in [5.41, 5.74) is 1.77. The molecule has 1 aromatic carbocycles. The van der Waals surface area contributed by atoms with Crippen molar-refractivity contribution in [2.24, 2.45) is 0 Å². The van der Waals surface area contributed by atoms with Crippen molar-refractivity contribution in [3.8, 4) is 34.7 Å². The van der Waals surface area contributed by atoms with Crippen molar-refractivity contribution < 1.29 is 9.47 Å². The molecule has 0 saturated carbocycles. The minimum absolute atomic E-state index is 0.414. The van der Waals surface area contributed by atoms with Gasteiger partial charge in [0.25, 0.3) is 5.88 Å². The number of rotatable bonds is 5. The van der Waals surface area contributed by atoms with E-state index in [0.29, 0.717) is 34.3 Å². The van der Waals surface area contributed by atoms with E-state index in [1.807, 2.05) is 24.3 Å². The summed E-state index contributed by atoms with van der Waals surface area (Å²) in [5, 5.41) is 12.5. The Hall–Kier alpha value is -3.70. The third-order valence-electron chi connectivity index (χ3n) is 4.58. The van der Waals surface area contributed by atoms with Crippen LogP contribution in [0.1, 0.15) is 5.56 Å². The second-order valence-corrected chi connectivity index (χ2v) is 6.47. The fourth-order valence-corrected chi connectivity index (χ4v) is 3.06. The van der Waals surface area contributed by atoms with Crippen LogP contribution in [-0.2, 0) is 0 Å². The molecule has 4 rings (SSSR count). The number of anilines is 1. The molecular formula is C21H20N6O2. The molecule has 0 amide bonds. The van der Waals surface area contributed by atoms with Crippen LogP contribution in [0.3, 0.4) is 0 Å². The molecule has 1 aliphatic rings. The summed E-state index contributed by atoms with van der Waals surface area (Å²) in [4.78, 5) is 15.6. The maximum absolute atomic E-state index is 9.14. The molecule has 1 saturated heterocycles. The molecule has 0 unspecified atom stereocenters. The molecule has 0 spiro atoms. The van der Waals surface area contributed by atoms with Crippen LogP contribution in [0.4, 0.5) is 5.82 Å². The molecule has 3 heterocycles. The van der Waals surface area contributed by atoms with Gasteiger partial charge in [0.05, 0.1) is 24.6 Å². The van der Waals surface area contributed by atoms with Gasteiger partial charge in [0.1, 0.15) is 17.6 Å². The number of aromatic nitrogens is 3. The van der Waals surface area contributed by atoms with Crippen LogP contribution in [0, 0.1) is 11.3 Å². The highest BCUT2D eigenvalue weighted by molar-refractivity contribution is 5.63. The molecule has 0 atom stereocenters. The molecule has 8 nitrogen and oxygen atoms in total. The number of piperazine rings is 1. The third-order valence-corrected chi connectivity index (χ3v) is 4.58. The Bertz CT molecular complexity index is 1030. The number of nitrogens with zero attached hydrogens (tertiary/aromatic N) is 5. The fraction of sp³-hybridized carbons (Fsp3) is 0.238. The number of hydrogen-bond donors (Lipinski definition) is 1. The van der Waals surface area contributed by atoms with E-state index in [1.54, 1.807) is 25.6 Å². The summed E-state index contributed by atoms with van der Waals surface area (Å²) in [7, 11) is 1.62. The number of methoxy groups -OCH3 is 1. The lowest BCUT2D eigenvalue weighted by molar-refractivity contribution is 0.412. The van der Waals surface area contributed by atoms with Gasteiger partial charge in [-0.25, -0.2) is 9.97 Å². The van der Waals surface area contributed by atoms with Crippen molar-refractivity contribution in [2.75, 3.05) is 38.2 Å². The average Bonchev–Trinajstić information content (AvgIpc) is 2.80. The van der Waals surface area contributed by atoms with Crippen LogP contribution in [0.15, 0.2) is 48.9 Å². The Kier molecular flexibility index (Phi) is 5.49. The second kappa shape index (κ2) is 8.54. The van der Waals surface area contributed by atoms with Crippen LogP contribution in [-0.4, -0.2) is 48.2 Å². The minimum Gasteiger partial charge on any atom is -0.497 e. The molecule has 8 heteroatoms. The van der Waals surface area contributed by atoms with Crippen molar-refractivity contribution >= 4 is 5.82 Å². The number of nitrogens with one attached hydrogen (secondary N) is 1. The molecule has 1 fully saturated rings. The molecule has 0 bridgehead atoms. The molecule has 2 aromatic heterocycles. The van der Waals surface area contributed by atoms with Gasteiger partial charge < -0.3 is 19.7 Å². The molecule has 3 aromatic rings. The predicted octanol–water partition coefficient (Wildman–Crippen LogP) is 2.62. The van der Waals surface area contributed by atoms with E-state index >= 15 is 0 Å². The zero-order valence-corrected chi connectivity index (χ0v) is 16.0. The van der Waals surface area contributed by atoms with Gasteiger partial charge in [-0.05, 0) is 30.3 Å². The lowest BCUT2D eigenvalue weighted by Crippen LogP contribution is -2.44. The number of pyridine rings is 1. The van der Waals surface area contributed by atoms with E-state index in [-0.39, 0.29) is 0 Å². The molecule has 0 aliphatic carbocycles. The van der Waals surface area contributed by atoms with Crippen LogP contribution in [0.2, 0.25) is 0 Å². The van der Waals surface area contributed by atoms with Crippen molar-refractivity contribution in [1.82, 2.24) is 20.3 Å². The topological polar surface area (TPSA) is 96.2 Å². The highest BCUT2D eigenvalue weighted by atomic mass is 16.5. The smallest absolute Gasteiger partial charge is 0.263 e. The van der Waals surface area contributed by atoms with E-state index in [2.05, 4.69) is 26.3 Å². The lowest BCUT2D eigenvalue weighted by Gasteiger charge is -2.29. The summed E-state index contributed by atoms with van der Waals surface area (Å²) in [5.74, 6) is 2.49. The third kappa shape index (κ3) is 4.25. The molecule has 29 heavy (non-hydrogen) atoms. The fourth-order valence-electron chi connectivity index (χ4n) is 3.06. The van der Waals surface area contributed by atoms with Crippen LogP contribution in [0.25, 0.3) is 11.3 Å². The van der Waals surface area contributed by atoms with Crippen LogP contribution < -0.4 is 19.7 Å². The highest BCUT2D eigenvalue weighted by Crippen LogP contribution is 2.32. The molecule has 0 radical (unpaired) electrons. The van der Waals surface area contributed by atoms with Crippen LogP contribution >= 0.6 is 0 Å². The number of benzene rings is 1. The average molecular weight is 388 g/mol. The maximum Gasteiger partial charge on any atom is 0.263 e. The van der Waals surface area contributed by atoms with Gasteiger partial charge in [0.15, 0.2) is 5.82 Å². The van der Waals surface area contributed by atoms with Gasteiger partial charge in [-0.2, -0.15) is 5.26 Å². The van der Waals surface area contributed by atoms with E-state index in [0.717, 1.165) is 31.9 Å². The Morgan fingerprint density at radius 2 is 1.83 bits per heavy atom. The van der Waals surface area contributed by atoms with Gasteiger partial charge in [0, 0.05) is 44.1 Å². The molecular weight excluding hydrogens is 368 g/mol. The lowest BCUT2D eigenvalue weighted by atomic mass is 10.1.